The smallest absolute Gasteiger partial charge is 0.276 e. The minimum atomic E-state index is -0.254. The van der Waals surface area contributed by atoms with Crippen LogP contribution in [0, 0.1) is 6.92 Å². The van der Waals surface area contributed by atoms with Gasteiger partial charge < -0.3 is 10.2 Å². The Bertz CT molecular complexity index is 908. The van der Waals surface area contributed by atoms with E-state index in [1.54, 1.807) is 16.6 Å². The molecule has 0 saturated carbocycles. The van der Waals surface area contributed by atoms with Crippen molar-refractivity contribution in [1.82, 2.24) is 19.6 Å². The number of nitrogens with one attached hydrogen (secondary N) is 1. The van der Waals surface area contributed by atoms with Crippen molar-refractivity contribution >= 4 is 53.7 Å². The Balaban J connectivity index is 0.00000150. The normalized spacial score (nSPS) is 16.7. The second kappa shape index (κ2) is 9.13. The first-order valence-corrected chi connectivity index (χ1v) is 9.13. The molecule has 29 heavy (non-hydrogen) atoms. The van der Waals surface area contributed by atoms with E-state index in [-0.39, 0.29) is 36.6 Å². The van der Waals surface area contributed by atoms with Gasteiger partial charge in [0.1, 0.15) is 5.69 Å². The lowest BCUT2D eigenvalue weighted by atomic mass is 10.2. The number of aryl methyl sites for hydroxylation is 2. The molecule has 2 aliphatic heterocycles. The van der Waals surface area contributed by atoms with Crippen molar-refractivity contribution in [2.24, 2.45) is 7.05 Å². The maximum Gasteiger partial charge on any atom is 0.276 e. The molecule has 1 aromatic heterocycles. The fourth-order valence-electron chi connectivity index (χ4n) is 3.77. The number of hydrogen-bond acceptors (Lipinski definition) is 5. The molecular weight excluding hydrogens is 415 g/mol. The van der Waals surface area contributed by atoms with Crippen LogP contribution >= 0.6 is 24.8 Å². The average Bonchev–Trinajstić information content (AvgIpc) is 2.84. The van der Waals surface area contributed by atoms with Gasteiger partial charge in [-0.2, -0.15) is 5.10 Å². The summed E-state index contributed by atoms with van der Waals surface area (Å²) < 4.78 is 1.54. The maximum absolute atomic E-state index is 13.4. The van der Waals surface area contributed by atoms with Crippen LogP contribution in [0.4, 0.5) is 17.1 Å². The van der Waals surface area contributed by atoms with Crippen molar-refractivity contribution in [1.29, 1.82) is 0 Å². The molecule has 0 bridgehead atoms. The second-order valence-corrected chi connectivity index (χ2v) is 7.19. The fraction of sp³-hybridized carbons (Fsp3) is 0.421. The number of benzene rings is 1. The van der Waals surface area contributed by atoms with E-state index < -0.39 is 0 Å². The van der Waals surface area contributed by atoms with Crippen molar-refractivity contribution in [2.45, 2.75) is 6.92 Å². The number of hydrogen-bond donors (Lipinski definition) is 1. The first-order chi connectivity index (χ1) is 13.0. The highest BCUT2D eigenvalue weighted by molar-refractivity contribution is 6.17. The van der Waals surface area contributed by atoms with Gasteiger partial charge in [-0.05, 0) is 26.1 Å². The molecule has 1 N–H and O–H groups in total. The van der Waals surface area contributed by atoms with Crippen LogP contribution in [0.25, 0.3) is 0 Å². The highest BCUT2D eigenvalue weighted by Gasteiger charge is 2.34. The Morgan fingerprint density at radius 3 is 2.45 bits per heavy atom. The molecule has 10 heteroatoms. The van der Waals surface area contributed by atoms with Crippen LogP contribution in [-0.2, 0) is 11.8 Å². The molecule has 0 spiro atoms. The van der Waals surface area contributed by atoms with Crippen molar-refractivity contribution in [3.63, 3.8) is 0 Å². The topological polar surface area (TPSA) is 73.7 Å². The van der Waals surface area contributed by atoms with Gasteiger partial charge in [0.2, 0.25) is 5.91 Å². The zero-order valence-corrected chi connectivity index (χ0v) is 18.3. The summed E-state index contributed by atoms with van der Waals surface area (Å²) in [6, 6.07) is 7.40. The molecule has 1 fully saturated rings. The maximum atomic E-state index is 13.4. The standard InChI is InChI=1S/C19H24N6O2.2ClH/c1-13-17-18(23(3)21-13)19(27)20-14-6-4-5-7-15(14)25(17)16(26)12-24-10-8-22(2)9-11-24;;/h4-7H,8-12H2,1-3H3,(H,20,27);2*1H. The summed E-state index contributed by atoms with van der Waals surface area (Å²) in [4.78, 5) is 32.2. The number of nitrogens with zero attached hydrogens (tertiary/aromatic N) is 5. The molecule has 8 nitrogen and oxygen atoms in total. The molecule has 2 aliphatic rings. The summed E-state index contributed by atoms with van der Waals surface area (Å²) in [5.74, 6) is -0.309. The number of para-hydroxylation sites is 2. The van der Waals surface area contributed by atoms with Crippen molar-refractivity contribution in [3.05, 3.63) is 35.7 Å². The highest BCUT2D eigenvalue weighted by Crippen LogP contribution is 2.39. The van der Waals surface area contributed by atoms with Gasteiger partial charge in [-0.1, -0.05) is 12.1 Å². The van der Waals surface area contributed by atoms with Gasteiger partial charge in [-0.25, -0.2) is 0 Å². The lowest BCUT2D eigenvalue weighted by Crippen LogP contribution is -2.48. The molecule has 4 rings (SSSR count). The molecule has 2 amide bonds. The SMILES string of the molecule is Cc1nn(C)c2c1N(C(=O)CN1CCN(C)CC1)c1ccccc1NC2=O.Cl.Cl. The third kappa shape index (κ3) is 4.25. The fourth-order valence-corrected chi connectivity index (χ4v) is 3.77. The van der Waals surface area contributed by atoms with Crippen LogP contribution in [0.2, 0.25) is 0 Å². The number of fused-ring (bicyclic) bond motifs is 2. The molecule has 1 saturated heterocycles. The number of carbonyl (C=O) groups excluding carboxylic acids is 2. The third-order valence-electron chi connectivity index (χ3n) is 5.23. The van der Waals surface area contributed by atoms with E-state index in [2.05, 4.69) is 27.3 Å². The minimum absolute atomic E-state index is 0. The molecular formula is C19H26Cl2N6O2. The predicted octanol–water partition coefficient (Wildman–Crippen LogP) is 2.05. The van der Waals surface area contributed by atoms with Crippen molar-refractivity contribution < 1.29 is 9.59 Å². The molecule has 0 unspecified atom stereocenters. The zero-order valence-electron chi connectivity index (χ0n) is 16.7. The van der Waals surface area contributed by atoms with E-state index in [4.69, 9.17) is 0 Å². The number of likely N-dealkylation sites (N-methyl/N-ethyl adjacent to an activating group) is 1. The Labute approximate surface area is 182 Å². The van der Waals surface area contributed by atoms with Crippen LogP contribution in [0.15, 0.2) is 24.3 Å². The van der Waals surface area contributed by atoms with Gasteiger partial charge >= 0.3 is 0 Å². The predicted molar refractivity (Wildman–Crippen MR) is 118 cm³/mol. The van der Waals surface area contributed by atoms with E-state index in [9.17, 15) is 9.59 Å². The van der Waals surface area contributed by atoms with Gasteiger partial charge in [0, 0.05) is 33.2 Å². The number of halogens is 2. The quantitative estimate of drug-likeness (QED) is 0.773. The lowest BCUT2D eigenvalue weighted by molar-refractivity contribution is -0.119. The van der Waals surface area contributed by atoms with Crippen LogP contribution < -0.4 is 10.2 Å². The molecule has 1 aromatic carbocycles. The number of amides is 2. The monoisotopic (exact) mass is 440 g/mol. The van der Waals surface area contributed by atoms with Crippen molar-refractivity contribution in [2.75, 3.05) is 50.0 Å². The average molecular weight is 441 g/mol. The van der Waals surface area contributed by atoms with Crippen LogP contribution in [0.5, 0.6) is 0 Å². The molecule has 0 aliphatic carbocycles. The molecule has 2 aromatic rings. The summed E-state index contributed by atoms with van der Waals surface area (Å²) >= 11 is 0. The number of piperazine rings is 1. The van der Waals surface area contributed by atoms with Gasteiger partial charge in [-0.3, -0.25) is 24.1 Å². The van der Waals surface area contributed by atoms with Crippen molar-refractivity contribution in [3.8, 4) is 0 Å². The first-order valence-electron chi connectivity index (χ1n) is 9.13. The van der Waals surface area contributed by atoms with Crippen LogP contribution in [0.3, 0.4) is 0 Å². The van der Waals surface area contributed by atoms with Gasteiger partial charge in [0.05, 0.1) is 23.6 Å². The van der Waals surface area contributed by atoms with Crippen LogP contribution in [0.1, 0.15) is 16.2 Å². The molecule has 3 heterocycles. The minimum Gasteiger partial charge on any atom is -0.319 e. The van der Waals surface area contributed by atoms with E-state index in [0.29, 0.717) is 35.0 Å². The Morgan fingerprint density at radius 2 is 1.76 bits per heavy atom. The summed E-state index contributed by atoms with van der Waals surface area (Å²) in [5, 5.41) is 7.30. The molecule has 0 radical (unpaired) electrons. The van der Waals surface area contributed by atoms with Gasteiger partial charge in [0.15, 0.2) is 5.69 Å². The van der Waals surface area contributed by atoms with E-state index in [1.165, 1.54) is 0 Å². The Hall–Kier alpha value is -2.13. The van der Waals surface area contributed by atoms with E-state index in [1.807, 2.05) is 31.2 Å². The number of rotatable bonds is 2. The summed E-state index contributed by atoms with van der Waals surface area (Å²) in [7, 11) is 3.82. The van der Waals surface area contributed by atoms with Gasteiger partial charge in [-0.15, -0.1) is 24.8 Å². The molecule has 0 atom stereocenters. The number of aromatic nitrogens is 2. The van der Waals surface area contributed by atoms with Gasteiger partial charge in [0.25, 0.3) is 5.91 Å². The highest BCUT2D eigenvalue weighted by atomic mass is 35.5. The largest absolute Gasteiger partial charge is 0.319 e. The van der Waals surface area contributed by atoms with E-state index in [0.717, 1.165) is 26.2 Å². The Morgan fingerprint density at radius 1 is 1.10 bits per heavy atom. The second-order valence-electron chi connectivity index (χ2n) is 7.19. The number of anilines is 3. The van der Waals surface area contributed by atoms with E-state index >= 15 is 0 Å². The molecule has 158 valence electrons. The summed E-state index contributed by atoms with van der Waals surface area (Å²) in [6.45, 7) is 5.74. The summed E-state index contributed by atoms with van der Waals surface area (Å²) in [5.41, 5.74) is 2.94. The third-order valence-corrected chi connectivity index (χ3v) is 5.23. The Kier molecular flexibility index (Phi) is 7.29. The summed E-state index contributed by atoms with van der Waals surface area (Å²) in [6.07, 6.45) is 0. The zero-order chi connectivity index (χ0) is 19.1. The first kappa shape index (κ1) is 23.2. The number of carbonyl (C=O) groups is 2. The lowest BCUT2D eigenvalue weighted by Gasteiger charge is -2.33. The van der Waals surface area contributed by atoms with Crippen LogP contribution in [-0.4, -0.2) is 71.2 Å².